The average molecular weight is 1760 g/mol. The Morgan fingerprint density at radius 1 is 0.504 bits per heavy atom. The van der Waals surface area contributed by atoms with Gasteiger partial charge in [-0.3, -0.25) is 14.9 Å². The number of fused-ring (bicyclic) bond motifs is 12. The summed E-state index contributed by atoms with van der Waals surface area (Å²) >= 11 is 0. The Labute approximate surface area is 716 Å². The van der Waals surface area contributed by atoms with Gasteiger partial charge in [-0.2, -0.15) is 0 Å². The van der Waals surface area contributed by atoms with Crippen LogP contribution in [0, 0.1) is 0 Å². The third kappa shape index (κ3) is 29.6. The molecule has 9 aliphatic rings. The summed E-state index contributed by atoms with van der Waals surface area (Å²) in [5, 5.41) is 40.4. The lowest BCUT2D eigenvalue weighted by atomic mass is 9.88. The van der Waals surface area contributed by atoms with E-state index >= 15 is 0 Å². The number of nitrogens with one attached hydrogen (secondary N) is 4. The number of nitrogens with two attached hydrogens (primary N) is 2. The first-order chi connectivity index (χ1) is 58.8. The Balaban J connectivity index is 0.570. The van der Waals surface area contributed by atoms with Gasteiger partial charge in [0, 0.05) is 20.0 Å². The Morgan fingerprint density at radius 3 is 1.21 bits per heavy atom. The van der Waals surface area contributed by atoms with Crippen molar-refractivity contribution >= 4 is 17.9 Å². The molecule has 11 rings (SSSR count). The lowest BCUT2D eigenvalue weighted by Gasteiger charge is -2.42. The minimum absolute atomic E-state index is 0.0178. The fraction of sp³-hybridized carbons (Fsp3) is 0.885. The zero-order valence-electron chi connectivity index (χ0n) is 73.1. The highest BCUT2D eigenvalue weighted by Crippen LogP contribution is 2.50. The van der Waals surface area contributed by atoms with Gasteiger partial charge in [0.15, 0.2) is 36.2 Å². The molecule has 3 amide bonds. The van der Waals surface area contributed by atoms with Crippen molar-refractivity contribution < 1.29 is 152 Å². The maximum atomic E-state index is 13.8. The van der Waals surface area contributed by atoms with Crippen molar-refractivity contribution in [2.75, 3.05) is 211 Å². The van der Waals surface area contributed by atoms with E-state index in [0.717, 1.165) is 0 Å². The third-order valence-electron chi connectivity index (χ3n) is 20.6. The lowest BCUT2D eigenvalue weighted by molar-refractivity contribution is -0.217. The highest BCUT2D eigenvalue weighted by Gasteiger charge is 2.69. The van der Waals surface area contributed by atoms with Gasteiger partial charge in [-0.15, -0.1) is 10.2 Å². The molecule has 0 saturated carbocycles. The highest BCUT2D eigenvalue weighted by atomic mass is 16.8. The molecular weight excluding hydrogens is 1630 g/mol. The normalized spacial score (nSPS) is 29.5. The summed E-state index contributed by atoms with van der Waals surface area (Å²) in [5.74, 6) is 3.30. The van der Waals surface area contributed by atoms with Gasteiger partial charge in [-0.1, -0.05) is 10.4 Å². The number of aliphatic hydroxyl groups is 1. The van der Waals surface area contributed by atoms with Crippen LogP contribution in [-0.4, -0.2) is 395 Å². The van der Waals surface area contributed by atoms with E-state index in [4.69, 9.17) is 144 Å². The van der Waals surface area contributed by atoms with Gasteiger partial charge in [0.05, 0.1) is 262 Å². The molecule has 0 aromatic carbocycles. The zero-order chi connectivity index (χ0) is 87.7. The van der Waals surface area contributed by atoms with E-state index in [1.807, 2.05) is 41.5 Å². The molecule has 11 heterocycles. The Hall–Kier alpha value is -5.37. The number of nitrogens with zero attached hydrogens (tertiary/aromatic N) is 7. The van der Waals surface area contributed by atoms with Crippen LogP contribution < -0.4 is 32.8 Å². The van der Waals surface area contributed by atoms with E-state index in [1.54, 1.807) is 49.5 Å². The summed E-state index contributed by atoms with van der Waals surface area (Å²) in [6, 6.07) is -1.46. The molecule has 9 fully saturated rings. The second-order valence-electron chi connectivity index (χ2n) is 33.9. The Morgan fingerprint density at radius 2 is 0.846 bits per heavy atom. The Kier molecular flexibility index (Phi) is 36.9. The predicted molar refractivity (Wildman–Crippen MR) is 421 cm³/mol. The molecule has 2 aromatic heterocycles. The molecule has 0 aliphatic carbocycles. The van der Waals surface area contributed by atoms with E-state index in [9.17, 15) is 19.5 Å². The molecule has 45 heteroatoms. The number of amides is 3. The van der Waals surface area contributed by atoms with Gasteiger partial charge in [-0.05, 0) is 69.2 Å². The van der Waals surface area contributed by atoms with Crippen LogP contribution in [-0.2, 0) is 169 Å². The molecule has 0 radical (unpaired) electrons. The number of ether oxygens (including phenoxy) is 28. The summed E-state index contributed by atoms with van der Waals surface area (Å²) in [6.45, 7) is 29.3. The average Bonchev–Trinajstić information content (AvgIpc) is 1.58. The number of hydrogen-bond donors (Lipinski definition) is 7. The molecule has 0 spiro atoms. The fourth-order valence-electron chi connectivity index (χ4n) is 15.4. The zero-order valence-corrected chi connectivity index (χ0v) is 73.1. The largest absolute Gasteiger partial charge is 0.444 e. The maximum absolute atomic E-state index is 13.8. The minimum atomic E-state index is -1.40. The SMILES string of the molecule is CC(=O)N[C@H]1[C@H]2OC[C@](COCCOCCOCCOCCn3cc(COCC(COC/C(N)=C/N(N)CCOCCOCCOCCOC[C@@]45CO[C@@H](O4)[C@H](NC(C)O)[C@H]4OC(C)(C)O[C@H]45)(COCc4cn(CCOCCOCCOCCOC[C@@]56CO[C@@H](O5)[C@H](NC(C)=O)[C@H]5OC(C)(C)O[C@H]56)nn4)NC(=O)OC(C)(C)C)nn3)(O2)[C@@H]2OC(C)(C)O[C@H]12. The van der Waals surface area contributed by atoms with Crippen molar-refractivity contribution in [3.8, 4) is 0 Å². The first-order valence-corrected chi connectivity index (χ1v) is 42.2. The van der Waals surface area contributed by atoms with Gasteiger partial charge < -0.3 is 164 Å². The van der Waals surface area contributed by atoms with Gasteiger partial charge in [0.2, 0.25) is 11.8 Å². The van der Waals surface area contributed by atoms with Crippen LogP contribution in [0.5, 0.6) is 0 Å². The summed E-state index contributed by atoms with van der Waals surface area (Å²) in [6.07, 6.45) is -1.41. The number of carbonyl (C=O) groups excluding carboxylic acids is 3. The molecule has 45 nitrogen and oxygen atoms in total. The molecule has 6 bridgehead atoms. The quantitative estimate of drug-likeness (QED) is 0.0168. The number of aliphatic hydroxyl groups excluding tert-OH is 1. The molecule has 16 atom stereocenters. The van der Waals surface area contributed by atoms with E-state index < -0.39 is 131 Å². The molecule has 702 valence electrons. The van der Waals surface area contributed by atoms with Crippen LogP contribution >= 0.6 is 0 Å². The molecular formula is C78H133N13O32. The van der Waals surface area contributed by atoms with E-state index in [-0.39, 0.29) is 110 Å². The summed E-state index contributed by atoms with van der Waals surface area (Å²) in [7, 11) is 0. The third-order valence-corrected chi connectivity index (χ3v) is 20.6. The van der Waals surface area contributed by atoms with Crippen LogP contribution in [0.4, 0.5) is 4.79 Å². The minimum Gasteiger partial charge on any atom is -0.444 e. The summed E-state index contributed by atoms with van der Waals surface area (Å²) in [4.78, 5) is 37.7. The molecule has 2 aromatic rings. The second-order valence-corrected chi connectivity index (χ2v) is 33.9. The van der Waals surface area contributed by atoms with Crippen LogP contribution in [0.1, 0.15) is 94.5 Å². The molecule has 9 aliphatic heterocycles. The number of carbonyl (C=O) groups is 3. The van der Waals surface area contributed by atoms with E-state index in [1.165, 1.54) is 25.1 Å². The van der Waals surface area contributed by atoms with Crippen LogP contribution in [0.15, 0.2) is 24.3 Å². The van der Waals surface area contributed by atoms with E-state index in [2.05, 4.69) is 41.9 Å². The molecule has 1 unspecified atom stereocenters. The molecule has 9 saturated heterocycles. The monoisotopic (exact) mass is 1760 g/mol. The number of alkyl carbamates (subject to hydrolysis) is 1. The standard InChI is InChI=1S/C78H133N13O32/c1-52(92)81-58-61-64(117-72(7,8)114-61)76(49-111-67(58)120-76)46-105-34-31-102-28-25-99-22-19-96-16-13-89(80)37-55(79)40-108-43-75(84-70(95)123-71(4,5)6,44-109-41-56-38-90(87-85-56)14-17-97-20-23-100-26-29-103-32-35-106-47-77-50-112-68(121-77)59(82-53(2)93)62-65(77)118-73(9,10)115-62)45-110-42-57-39-91(88-86-57)15-18-98-21-24-101-27-30-104-33-36-107-48-78-51-113-69(122-78)60(83-54(3)94)63-66(78)119-74(11,12)116-63/h37-39,52,58-69,81,92H,13-36,40-51,79-80H2,1-12H3,(H,82,93)(H,83,94)(H,84,95)/b55-37-/t52?,58-,59-,60-,61-,62-,63-,64-,65-,66-,67+,68+,69+,76+,77+,78+/m1/s1. The smallest absolute Gasteiger partial charge is 0.408 e. The number of rotatable bonds is 60. The van der Waals surface area contributed by atoms with Crippen LogP contribution in [0.3, 0.4) is 0 Å². The highest BCUT2D eigenvalue weighted by molar-refractivity contribution is 5.74. The van der Waals surface area contributed by atoms with Crippen LogP contribution in [0.2, 0.25) is 0 Å². The van der Waals surface area contributed by atoms with Crippen molar-refractivity contribution in [2.45, 2.75) is 235 Å². The predicted octanol–water partition coefficient (Wildman–Crippen LogP) is -1.70. The lowest BCUT2D eigenvalue weighted by Crippen LogP contribution is -2.65. The van der Waals surface area contributed by atoms with Gasteiger partial charge in [0.25, 0.3) is 0 Å². The van der Waals surface area contributed by atoms with Crippen molar-refractivity contribution in [3.63, 3.8) is 0 Å². The van der Waals surface area contributed by atoms with E-state index in [0.29, 0.717) is 157 Å². The Bertz CT molecular complexity index is 3410. The van der Waals surface area contributed by atoms with Crippen molar-refractivity contribution in [1.29, 1.82) is 0 Å². The summed E-state index contributed by atoms with van der Waals surface area (Å²) in [5.41, 5.74) is 2.81. The van der Waals surface area contributed by atoms with Gasteiger partial charge in [-0.25, -0.2) is 20.0 Å². The topological polar surface area (TPSA) is 495 Å². The molecule has 9 N–H and O–H groups in total. The first kappa shape index (κ1) is 98.2. The van der Waals surface area contributed by atoms with Crippen molar-refractivity contribution in [2.24, 2.45) is 11.6 Å². The van der Waals surface area contributed by atoms with Gasteiger partial charge in [0.1, 0.15) is 94.3 Å². The van der Waals surface area contributed by atoms with Gasteiger partial charge >= 0.3 is 6.09 Å². The van der Waals surface area contributed by atoms with Crippen molar-refractivity contribution in [3.05, 3.63) is 35.7 Å². The molecule has 123 heavy (non-hydrogen) atoms. The number of hydrazine groups is 1. The number of hydrogen-bond acceptors (Lipinski definition) is 40. The fourth-order valence-corrected chi connectivity index (χ4v) is 15.4. The first-order valence-electron chi connectivity index (χ1n) is 42.2. The second kappa shape index (κ2) is 46.2. The van der Waals surface area contributed by atoms with Crippen LogP contribution in [0.25, 0.3) is 0 Å². The van der Waals surface area contributed by atoms with Crippen molar-refractivity contribution in [1.82, 2.24) is 56.3 Å². The maximum Gasteiger partial charge on any atom is 0.408 e. The summed E-state index contributed by atoms with van der Waals surface area (Å²) < 4.78 is 172. The number of aromatic nitrogens is 6.